The minimum atomic E-state index is -0.570. The van der Waals surface area contributed by atoms with Crippen molar-refractivity contribution >= 4 is 23.8 Å². The van der Waals surface area contributed by atoms with E-state index in [2.05, 4.69) is 15.8 Å². The molecule has 0 spiro atoms. The lowest BCUT2D eigenvalue weighted by Crippen LogP contribution is -2.25. The second kappa shape index (κ2) is 9.18. The Labute approximate surface area is 162 Å². The number of esters is 1. The van der Waals surface area contributed by atoms with Crippen LogP contribution in [0.25, 0.3) is 0 Å². The van der Waals surface area contributed by atoms with Crippen LogP contribution in [0.15, 0.2) is 76.4 Å². The summed E-state index contributed by atoms with van der Waals surface area (Å²) >= 11 is 0. The zero-order chi connectivity index (χ0) is 19.8. The van der Waals surface area contributed by atoms with Gasteiger partial charge in [-0.15, -0.1) is 0 Å². The van der Waals surface area contributed by atoms with Crippen LogP contribution in [0.1, 0.15) is 21.7 Å². The van der Waals surface area contributed by atoms with Gasteiger partial charge in [0, 0.05) is 5.69 Å². The van der Waals surface area contributed by atoms with Crippen molar-refractivity contribution in [3.05, 3.63) is 83.8 Å². The molecule has 2 N–H and O–H groups in total. The number of benzene rings is 2. The zero-order valence-electron chi connectivity index (χ0n) is 15.2. The quantitative estimate of drug-likeness (QED) is 0.285. The van der Waals surface area contributed by atoms with Gasteiger partial charge in [-0.1, -0.05) is 12.1 Å². The molecule has 3 rings (SSSR count). The van der Waals surface area contributed by atoms with Gasteiger partial charge in [-0.25, -0.2) is 10.2 Å². The normalized spacial score (nSPS) is 10.6. The number of furan rings is 1. The van der Waals surface area contributed by atoms with E-state index in [1.165, 1.54) is 18.5 Å². The number of hydrogen-bond acceptors (Lipinski definition) is 6. The van der Waals surface area contributed by atoms with Crippen LogP contribution in [0.2, 0.25) is 0 Å². The predicted octanol–water partition coefficient (Wildman–Crippen LogP) is 3.37. The van der Waals surface area contributed by atoms with Crippen molar-refractivity contribution in [1.82, 2.24) is 5.43 Å². The summed E-state index contributed by atoms with van der Waals surface area (Å²) in [6.45, 7) is 2.10. The molecule has 0 bridgehead atoms. The van der Waals surface area contributed by atoms with E-state index in [4.69, 9.17) is 9.15 Å². The van der Waals surface area contributed by atoms with E-state index in [-0.39, 0.29) is 18.2 Å². The molecule has 7 heteroatoms. The van der Waals surface area contributed by atoms with Crippen LogP contribution in [0.5, 0.6) is 5.75 Å². The molecule has 7 nitrogen and oxygen atoms in total. The fraction of sp³-hybridized carbons (Fsp3) is 0.0952. The number of carbonyl (C=O) groups is 2. The molecule has 28 heavy (non-hydrogen) atoms. The molecule has 0 fully saturated rings. The molecule has 1 heterocycles. The summed E-state index contributed by atoms with van der Waals surface area (Å²) in [4.78, 5) is 23.6. The Morgan fingerprint density at radius 1 is 1.11 bits per heavy atom. The molecular weight excluding hydrogens is 358 g/mol. The van der Waals surface area contributed by atoms with Gasteiger partial charge in [0.05, 0.1) is 19.0 Å². The highest BCUT2D eigenvalue weighted by Crippen LogP contribution is 2.14. The SMILES string of the molecule is Cc1cccc(NCC(=O)N/N=C\c2ccc(OC(=O)c3ccco3)cc2)c1. The van der Waals surface area contributed by atoms with Crippen LogP contribution >= 0.6 is 0 Å². The third kappa shape index (κ3) is 5.57. The number of amides is 1. The molecule has 0 aliphatic heterocycles. The van der Waals surface area contributed by atoms with Crippen LogP contribution in [-0.4, -0.2) is 24.6 Å². The Morgan fingerprint density at radius 2 is 1.93 bits per heavy atom. The monoisotopic (exact) mass is 377 g/mol. The molecular formula is C21H19N3O4. The van der Waals surface area contributed by atoms with E-state index >= 15 is 0 Å². The molecule has 1 amide bonds. The molecule has 0 unspecified atom stereocenters. The molecule has 0 aliphatic rings. The summed E-state index contributed by atoms with van der Waals surface area (Å²) in [7, 11) is 0. The average molecular weight is 377 g/mol. The van der Waals surface area contributed by atoms with Crippen molar-refractivity contribution in [3.8, 4) is 5.75 Å². The Hall–Kier alpha value is -3.87. The largest absolute Gasteiger partial charge is 0.457 e. The van der Waals surface area contributed by atoms with Gasteiger partial charge in [-0.3, -0.25) is 4.79 Å². The minimum Gasteiger partial charge on any atom is -0.457 e. The van der Waals surface area contributed by atoms with Gasteiger partial charge < -0.3 is 14.5 Å². The van der Waals surface area contributed by atoms with Gasteiger partial charge in [-0.05, 0) is 66.6 Å². The van der Waals surface area contributed by atoms with E-state index in [9.17, 15) is 9.59 Å². The van der Waals surface area contributed by atoms with Crippen LogP contribution in [0, 0.1) is 6.92 Å². The number of aryl methyl sites for hydroxylation is 1. The van der Waals surface area contributed by atoms with Crippen molar-refractivity contribution in [2.45, 2.75) is 6.92 Å². The minimum absolute atomic E-state index is 0.114. The predicted molar refractivity (Wildman–Crippen MR) is 106 cm³/mol. The van der Waals surface area contributed by atoms with Gasteiger partial charge in [0.1, 0.15) is 5.75 Å². The molecule has 142 valence electrons. The molecule has 0 radical (unpaired) electrons. The summed E-state index contributed by atoms with van der Waals surface area (Å²) in [6, 6.07) is 17.6. The van der Waals surface area contributed by atoms with Gasteiger partial charge >= 0.3 is 5.97 Å². The maximum atomic E-state index is 11.8. The summed E-state index contributed by atoms with van der Waals surface area (Å²) in [5, 5.41) is 6.94. The second-order valence-electron chi connectivity index (χ2n) is 5.95. The summed E-state index contributed by atoms with van der Waals surface area (Å²) in [5.41, 5.74) is 5.18. The molecule has 0 atom stereocenters. The molecule has 2 aromatic carbocycles. The molecule has 0 saturated heterocycles. The first-order valence-electron chi connectivity index (χ1n) is 8.58. The third-order valence-electron chi connectivity index (χ3n) is 3.69. The number of ether oxygens (including phenoxy) is 1. The smallest absolute Gasteiger partial charge is 0.379 e. The van der Waals surface area contributed by atoms with Crippen molar-refractivity contribution in [3.63, 3.8) is 0 Å². The zero-order valence-corrected chi connectivity index (χ0v) is 15.2. The molecule has 0 aliphatic carbocycles. The summed E-state index contributed by atoms with van der Waals surface area (Å²) in [5.74, 6) is -0.320. The van der Waals surface area contributed by atoms with Crippen LogP contribution < -0.4 is 15.5 Å². The fourth-order valence-corrected chi connectivity index (χ4v) is 2.33. The first kappa shape index (κ1) is 18.9. The van der Waals surface area contributed by atoms with E-state index in [0.29, 0.717) is 5.75 Å². The van der Waals surface area contributed by atoms with Crippen LogP contribution in [0.4, 0.5) is 5.69 Å². The maximum absolute atomic E-state index is 11.8. The van der Waals surface area contributed by atoms with E-state index in [1.807, 2.05) is 31.2 Å². The standard InChI is InChI=1S/C21H19N3O4/c1-15-4-2-5-17(12-15)22-14-20(25)24-23-13-16-7-9-18(10-8-16)28-21(26)19-6-3-11-27-19/h2-13,22H,14H2,1H3,(H,24,25)/b23-13-. The molecule has 0 saturated carbocycles. The summed E-state index contributed by atoms with van der Waals surface area (Å²) in [6.07, 6.45) is 2.91. The number of hydrogen-bond donors (Lipinski definition) is 2. The number of nitrogens with one attached hydrogen (secondary N) is 2. The number of carbonyl (C=O) groups excluding carboxylic acids is 2. The highest BCUT2D eigenvalue weighted by atomic mass is 16.5. The lowest BCUT2D eigenvalue weighted by atomic mass is 10.2. The Morgan fingerprint density at radius 3 is 2.64 bits per heavy atom. The highest BCUT2D eigenvalue weighted by Gasteiger charge is 2.10. The maximum Gasteiger partial charge on any atom is 0.379 e. The molecule has 1 aromatic heterocycles. The van der Waals surface area contributed by atoms with Crippen molar-refractivity contribution in [1.29, 1.82) is 0 Å². The topological polar surface area (TPSA) is 92.9 Å². The number of anilines is 1. The highest BCUT2D eigenvalue weighted by molar-refractivity contribution is 5.88. The van der Waals surface area contributed by atoms with Gasteiger partial charge in [0.2, 0.25) is 5.76 Å². The van der Waals surface area contributed by atoms with Gasteiger partial charge in [0.15, 0.2) is 0 Å². The number of nitrogens with zero attached hydrogens (tertiary/aromatic N) is 1. The van der Waals surface area contributed by atoms with E-state index in [0.717, 1.165) is 16.8 Å². The van der Waals surface area contributed by atoms with E-state index < -0.39 is 5.97 Å². The van der Waals surface area contributed by atoms with E-state index in [1.54, 1.807) is 30.3 Å². The van der Waals surface area contributed by atoms with Crippen molar-refractivity contribution in [2.75, 3.05) is 11.9 Å². The fourth-order valence-electron chi connectivity index (χ4n) is 2.33. The van der Waals surface area contributed by atoms with Crippen molar-refractivity contribution < 1.29 is 18.7 Å². The Bertz CT molecular complexity index is 964. The van der Waals surface area contributed by atoms with Crippen molar-refractivity contribution in [2.24, 2.45) is 5.10 Å². The first-order valence-corrected chi connectivity index (χ1v) is 8.58. The second-order valence-corrected chi connectivity index (χ2v) is 5.95. The third-order valence-corrected chi connectivity index (χ3v) is 3.69. The number of hydrazone groups is 1. The first-order chi connectivity index (χ1) is 13.6. The lowest BCUT2D eigenvalue weighted by molar-refractivity contribution is -0.119. The summed E-state index contributed by atoms with van der Waals surface area (Å²) < 4.78 is 10.2. The lowest BCUT2D eigenvalue weighted by Gasteiger charge is -2.05. The Balaban J connectivity index is 1.45. The van der Waals surface area contributed by atoms with Crippen LogP contribution in [0.3, 0.4) is 0 Å². The van der Waals surface area contributed by atoms with Gasteiger partial charge in [-0.2, -0.15) is 5.10 Å². The Kier molecular flexibility index (Phi) is 6.20. The molecule has 3 aromatic rings. The van der Waals surface area contributed by atoms with Crippen LogP contribution in [-0.2, 0) is 4.79 Å². The number of rotatable bonds is 7. The van der Waals surface area contributed by atoms with Gasteiger partial charge in [0.25, 0.3) is 5.91 Å². The average Bonchev–Trinajstić information content (AvgIpc) is 3.23.